The maximum Gasteiger partial charge on any atom is 0.0896 e. The number of aromatic nitrogens is 1. The summed E-state index contributed by atoms with van der Waals surface area (Å²) in [5, 5.41) is 15.5. The van der Waals surface area contributed by atoms with Gasteiger partial charge < -0.3 is 10.4 Å². The summed E-state index contributed by atoms with van der Waals surface area (Å²) in [7, 11) is 0. The van der Waals surface area contributed by atoms with Crippen molar-refractivity contribution in [2.45, 2.75) is 39.0 Å². The van der Waals surface area contributed by atoms with Crippen LogP contribution in [0.4, 0.5) is 0 Å². The number of aliphatic hydroxyl groups excluding tert-OH is 1. The van der Waals surface area contributed by atoms with Crippen LogP contribution < -0.4 is 5.32 Å². The van der Waals surface area contributed by atoms with E-state index in [2.05, 4.69) is 23.3 Å². The van der Waals surface area contributed by atoms with Gasteiger partial charge in [-0.1, -0.05) is 12.1 Å². The summed E-state index contributed by atoms with van der Waals surface area (Å²) in [6, 6.07) is 8.25. The zero-order valence-electron chi connectivity index (χ0n) is 11.3. The van der Waals surface area contributed by atoms with E-state index in [-0.39, 0.29) is 12.1 Å². The Kier molecular flexibility index (Phi) is 5.07. The minimum absolute atomic E-state index is 0.261. The molecule has 0 bridgehead atoms. The van der Waals surface area contributed by atoms with Gasteiger partial charge in [0.1, 0.15) is 0 Å². The number of pyridine rings is 1. The van der Waals surface area contributed by atoms with Crippen LogP contribution in [0.25, 0.3) is 0 Å². The lowest BCUT2D eigenvalue weighted by atomic mass is 10.1. The van der Waals surface area contributed by atoms with Crippen molar-refractivity contribution in [3.63, 3.8) is 0 Å². The topological polar surface area (TPSA) is 45.2 Å². The van der Waals surface area contributed by atoms with Gasteiger partial charge in [-0.3, -0.25) is 4.98 Å². The minimum atomic E-state index is -0.377. The lowest BCUT2D eigenvalue weighted by molar-refractivity contribution is 0.157. The fraction of sp³-hybridized carbons (Fsp3) is 0.400. The van der Waals surface area contributed by atoms with Gasteiger partial charge in [0.15, 0.2) is 0 Å². The Bertz CT molecular complexity index is 499. The third kappa shape index (κ3) is 4.13. The van der Waals surface area contributed by atoms with E-state index in [9.17, 15) is 5.11 Å². The van der Waals surface area contributed by atoms with Crippen LogP contribution in [-0.2, 0) is 6.54 Å². The fourth-order valence-corrected chi connectivity index (χ4v) is 2.73. The van der Waals surface area contributed by atoms with Gasteiger partial charge in [0, 0.05) is 29.4 Å². The van der Waals surface area contributed by atoms with Crippen molar-refractivity contribution in [2.75, 3.05) is 0 Å². The highest BCUT2D eigenvalue weighted by atomic mass is 32.1. The van der Waals surface area contributed by atoms with Crippen LogP contribution >= 0.6 is 11.3 Å². The molecule has 2 heterocycles. The molecular formula is C15H20N2OS. The summed E-state index contributed by atoms with van der Waals surface area (Å²) < 4.78 is 0. The van der Waals surface area contributed by atoms with E-state index < -0.39 is 0 Å². The highest BCUT2D eigenvalue weighted by Gasteiger charge is 2.13. The molecule has 3 nitrogen and oxygen atoms in total. The SMILES string of the molecule is Cc1ncccc1CN[C@H](C)C[C@H](O)c1cccs1. The van der Waals surface area contributed by atoms with Gasteiger partial charge in [0.25, 0.3) is 0 Å². The van der Waals surface area contributed by atoms with Crippen LogP contribution in [0.2, 0.25) is 0 Å². The summed E-state index contributed by atoms with van der Waals surface area (Å²) in [5.74, 6) is 0. The Morgan fingerprint density at radius 1 is 1.37 bits per heavy atom. The van der Waals surface area contributed by atoms with Gasteiger partial charge in [-0.2, -0.15) is 0 Å². The maximum atomic E-state index is 10.1. The quantitative estimate of drug-likeness (QED) is 0.852. The van der Waals surface area contributed by atoms with Crippen molar-refractivity contribution in [2.24, 2.45) is 0 Å². The van der Waals surface area contributed by atoms with Crippen molar-refractivity contribution < 1.29 is 5.11 Å². The molecule has 0 amide bonds. The normalized spacial score (nSPS) is 14.3. The van der Waals surface area contributed by atoms with Crippen LogP contribution in [0.5, 0.6) is 0 Å². The Labute approximate surface area is 118 Å². The third-order valence-corrected chi connectivity index (χ3v) is 4.18. The molecule has 2 aromatic rings. The Morgan fingerprint density at radius 2 is 2.21 bits per heavy atom. The van der Waals surface area contributed by atoms with Crippen molar-refractivity contribution in [3.8, 4) is 0 Å². The van der Waals surface area contributed by atoms with Gasteiger partial charge in [0.2, 0.25) is 0 Å². The zero-order chi connectivity index (χ0) is 13.7. The molecule has 0 radical (unpaired) electrons. The monoisotopic (exact) mass is 276 g/mol. The molecule has 4 heteroatoms. The molecule has 0 aliphatic heterocycles. The lowest BCUT2D eigenvalue weighted by Crippen LogP contribution is -2.27. The molecule has 19 heavy (non-hydrogen) atoms. The Hall–Kier alpha value is -1.23. The van der Waals surface area contributed by atoms with E-state index >= 15 is 0 Å². The van der Waals surface area contributed by atoms with Gasteiger partial charge in [-0.15, -0.1) is 11.3 Å². The number of aryl methyl sites for hydroxylation is 1. The molecule has 0 spiro atoms. The number of aliphatic hydroxyl groups is 1. The predicted molar refractivity (Wildman–Crippen MR) is 79.2 cm³/mol. The molecule has 2 rings (SSSR count). The van der Waals surface area contributed by atoms with Gasteiger partial charge in [-0.05, 0) is 43.3 Å². The first kappa shape index (κ1) is 14.2. The largest absolute Gasteiger partial charge is 0.388 e. The van der Waals surface area contributed by atoms with Crippen LogP contribution in [0, 0.1) is 6.92 Å². The number of thiophene rings is 1. The molecule has 2 N–H and O–H groups in total. The summed E-state index contributed by atoms with van der Waals surface area (Å²) >= 11 is 1.60. The van der Waals surface area contributed by atoms with E-state index in [1.807, 2.05) is 36.7 Å². The standard InChI is InChI=1S/C15H20N2OS/c1-11(9-14(18)15-6-4-8-19-15)17-10-13-5-3-7-16-12(13)2/h3-8,11,14,17-18H,9-10H2,1-2H3/t11-,14+/m1/s1. The first-order chi connectivity index (χ1) is 9.16. The van der Waals surface area contributed by atoms with Crippen LogP contribution in [0.3, 0.4) is 0 Å². The number of rotatable bonds is 6. The second-order valence-corrected chi connectivity index (χ2v) is 5.78. The van der Waals surface area contributed by atoms with E-state index in [0.29, 0.717) is 0 Å². The van der Waals surface area contributed by atoms with E-state index in [1.165, 1.54) is 5.56 Å². The molecule has 2 atom stereocenters. The van der Waals surface area contributed by atoms with E-state index in [1.54, 1.807) is 11.3 Å². The van der Waals surface area contributed by atoms with Crippen LogP contribution in [0.15, 0.2) is 35.8 Å². The van der Waals surface area contributed by atoms with Crippen molar-refractivity contribution in [1.82, 2.24) is 10.3 Å². The van der Waals surface area contributed by atoms with Crippen molar-refractivity contribution in [3.05, 3.63) is 52.0 Å². The summed E-state index contributed by atoms with van der Waals surface area (Å²) in [6.07, 6.45) is 2.15. The Morgan fingerprint density at radius 3 is 2.89 bits per heavy atom. The average molecular weight is 276 g/mol. The first-order valence-corrected chi connectivity index (χ1v) is 7.40. The molecule has 0 saturated heterocycles. The number of hydrogen-bond donors (Lipinski definition) is 2. The second-order valence-electron chi connectivity index (χ2n) is 4.80. The zero-order valence-corrected chi connectivity index (χ0v) is 12.2. The number of nitrogens with one attached hydrogen (secondary N) is 1. The molecule has 2 aromatic heterocycles. The number of hydrogen-bond acceptors (Lipinski definition) is 4. The Balaban J connectivity index is 1.82. The number of nitrogens with zero attached hydrogens (tertiary/aromatic N) is 1. The molecule has 102 valence electrons. The van der Waals surface area contributed by atoms with Crippen molar-refractivity contribution >= 4 is 11.3 Å². The average Bonchev–Trinajstić information content (AvgIpc) is 2.91. The fourth-order valence-electron chi connectivity index (χ4n) is 2.00. The first-order valence-electron chi connectivity index (χ1n) is 6.52. The summed E-state index contributed by atoms with van der Waals surface area (Å²) in [5.41, 5.74) is 2.26. The van der Waals surface area contributed by atoms with Crippen LogP contribution in [0.1, 0.15) is 35.6 Å². The van der Waals surface area contributed by atoms with Crippen LogP contribution in [-0.4, -0.2) is 16.1 Å². The highest BCUT2D eigenvalue weighted by Crippen LogP contribution is 2.22. The van der Waals surface area contributed by atoms with E-state index in [0.717, 1.165) is 23.5 Å². The molecular weight excluding hydrogens is 256 g/mol. The van der Waals surface area contributed by atoms with Gasteiger partial charge >= 0.3 is 0 Å². The van der Waals surface area contributed by atoms with Gasteiger partial charge in [-0.25, -0.2) is 0 Å². The molecule has 0 aliphatic rings. The third-order valence-electron chi connectivity index (χ3n) is 3.21. The smallest absolute Gasteiger partial charge is 0.0896 e. The predicted octanol–water partition coefficient (Wildman–Crippen LogP) is 3.05. The molecule has 0 unspecified atom stereocenters. The minimum Gasteiger partial charge on any atom is -0.388 e. The maximum absolute atomic E-state index is 10.1. The van der Waals surface area contributed by atoms with Gasteiger partial charge in [0.05, 0.1) is 6.10 Å². The molecule has 0 fully saturated rings. The lowest BCUT2D eigenvalue weighted by Gasteiger charge is -2.17. The second kappa shape index (κ2) is 6.80. The summed E-state index contributed by atoms with van der Waals surface area (Å²) in [6.45, 7) is 4.91. The molecule has 0 aliphatic carbocycles. The summed E-state index contributed by atoms with van der Waals surface area (Å²) in [4.78, 5) is 5.30. The van der Waals surface area contributed by atoms with E-state index in [4.69, 9.17) is 0 Å². The molecule has 0 saturated carbocycles. The molecule has 0 aromatic carbocycles. The van der Waals surface area contributed by atoms with Crippen molar-refractivity contribution in [1.29, 1.82) is 0 Å². The highest BCUT2D eigenvalue weighted by molar-refractivity contribution is 7.10.